The molecule has 0 aromatic heterocycles. The second-order valence-electron chi connectivity index (χ2n) is 5.40. The van der Waals surface area contributed by atoms with Crippen molar-refractivity contribution < 1.29 is 23.5 Å². The second-order valence-corrected chi connectivity index (χ2v) is 5.40. The fourth-order valence-corrected chi connectivity index (χ4v) is 2.15. The molecule has 26 heavy (non-hydrogen) atoms. The number of carbonyl (C=O) groups is 3. The zero-order chi connectivity index (χ0) is 18.9. The van der Waals surface area contributed by atoms with Gasteiger partial charge in [0.25, 0.3) is 5.91 Å². The minimum Gasteiger partial charge on any atom is -0.466 e. The van der Waals surface area contributed by atoms with Crippen molar-refractivity contribution in [1.82, 2.24) is 0 Å². The summed E-state index contributed by atoms with van der Waals surface area (Å²) in [6.45, 7) is 1.96. The lowest BCUT2D eigenvalue weighted by atomic mass is 10.1. The van der Waals surface area contributed by atoms with Crippen LogP contribution in [0.3, 0.4) is 0 Å². The molecule has 2 rings (SSSR count). The molecule has 0 spiro atoms. The average Bonchev–Trinajstić information content (AvgIpc) is 2.62. The van der Waals surface area contributed by atoms with Gasteiger partial charge in [0.15, 0.2) is 0 Å². The third-order valence-corrected chi connectivity index (χ3v) is 3.37. The fraction of sp³-hybridized carbons (Fsp3) is 0.211. The molecule has 2 amide bonds. The largest absolute Gasteiger partial charge is 0.466 e. The maximum absolute atomic E-state index is 12.9. The van der Waals surface area contributed by atoms with Crippen LogP contribution in [0.4, 0.5) is 15.8 Å². The first-order chi connectivity index (χ1) is 12.5. The first-order valence-corrected chi connectivity index (χ1v) is 8.10. The lowest BCUT2D eigenvalue weighted by Crippen LogP contribution is -2.16. The molecule has 0 bridgehead atoms. The Kier molecular flexibility index (Phi) is 6.84. The Morgan fingerprint density at radius 1 is 0.962 bits per heavy atom. The summed E-state index contributed by atoms with van der Waals surface area (Å²) in [5.74, 6) is -1.57. The Hall–Kier alpha value is -3.22. The fourth-order valence-electron chi connectivity index (χ4n) is 2.15. The molecule has 0 atom stereocenters. The Labute approximate surface area is 150 Å². The van der Waals surface area contributed by atoms with Gasteiger partial charge in [0.1, 0.15) is 5.82 Å². The van der Waals surface area contributed by atoms with E-state index in [0.717, 1.165) is 0 Å². The van der Waals surface area contributed by atoms with E-state index in [2.05, 4.69) is 10.6 Å². The van der Waals surface area contributed by atoms with Crippen LogP contribution in [0.2, 0.25) is 0 Å². The number of esters is 1. The molecule has 2 N–H and O–H groups in total. The van der Waals surface area contributed by atoms with Crippen molar-refractivity contribution in [2.24, 2.45) is 0 Å². The Bertz CT molecular complexity index is 790. The monoisotopic (exact) mass is 358 g/mol. The van der Waals surface area contributed by atoms with Gasteiger partial charge in [-0.3, -0.25) is 14.4 Å². The van der Waals surface area contributed by atoms with E-state index in [9.17, 15) is 18.8 Å². The van der Waals surface area contributed by atoms with E-state index in [1.165, 1.54) is 30.3 Å². The predicted molar refractivity (Wildman–Crippen MR) is 95.3 cm³/mol. The number of nitrogens with one attached hydrogen (secondary N) is 2. The number of hydrogen-bond acceptors (Lipinski definition) is 4. The van der Waals surface area contributed by atoms with E-state index >= 15 is 0 Å². The summed E-state index contributed by atoms with van der Waals surface area (Å²) < 4.78 is 17.7. The molecule has 0 aliphatic heterocycles. The number of ether oxygens (including phenoxy) is 1. The Morgan fingerprint density at radius 2 is 1.69 bits per heavy atom. The molecular formula is C19H19FN2O4. The van der Waals surface area contributed by atoms with Gasteiger partial charge in [-0.1, -0.05) is 6.07 Å². The van der Waals surface area contributed by atoms with Crippen molar-refractivity contribution in [3.8, 4) is 0 Å². The van der Waals surface area contributed by atoms with E-state index in [1.807, 2.05) is 0 Å². The third-order valence-electron chi connectivity index (χ3n) is 3.37. The predicted octanol–water partition coefficient (Wildman–Crippen LogP) is 3.36. The first kappa shape index (κ1) is 19.1. The van der Waals surface area contributed by atoms with Gasteiger partial charge < -0.3 is 15.4 Å². The van der Waals surface area contributed by atoms with Gasteiger partial charge in [-0.15, -0.1) is 0 Å². The van der Waals surface area contributed by atoms with Gasteiger partial charge in [0, 0.05) is 23.4 Å². The van der Waals surface area contributed by atoms with Crippen LogP contribution in [0, 0.1) is 5.82 Å². The quantitative estimate of drug-likeness (QED) is 0.743. The second kappa shape index (κ2) is 9.31. The number of hydrogen-bond donors (Lipinski definition) is 2. The number of rotatable bonds is 7. The van der Waals surface area contributed by atoms with Gasteiger partial charge in [-0.2, -0.15) is 0 Å². The summed E-state index contributed by atoms with van der Waals surface area (Å²) in [5.41, 5.74) is 1.23. The van der Waals surface area contributed by atoms with Crippen LogP contribution < -0.4 is 10.6 Å². The maximum atomic E-state index is 12.9. The topological polar surface area (TPSA) is 84.5 Å². The molecule has 0 radical (unpaired) electrons. The Morgan fingerprint density at radius 3 is 2.38 bits per heavy atom. The molecule has 0 heterocycles. The summed E-state index contributed by atoms with van der Waals surface area (Å²) in [6.07, 6.45) is -0.0186. The van der Waals surface area contributed by atoms with Crippen LogP contribution in [-0.2, 0) is 14.3 Å². The lowest BCUT2D eigenvalue weighted by Gasteiger charge is -2.08. The standard InChI is InChI=1S/C19H19FN2O4/c1-2-26-18(24)11-10-17(23)21-16-5-3-4-13(12-16)19(25)22-15-8-6-14(20)7-9-15/h3-9,12H,2,10-11H2,1H3,(H,21,23)(H,22,25). The van der Waals surface area contributed by atoms with Gasteiger partial charge in [0.2, 0.25) is 5.91 Å². The highest BCUT2D eigenvalue weighted by Crippen LogP contribution is 2.14. The molecule has 0 saturated carbocycles. The molecule has 2 aromatic carbocycles. The summed E-state index contributed by atoms with van der Waals surface area (Å²) in [4.78, 5) is 35.4. The molecular weight excluding hydrogens is 339 g/mol. The normalized spacial score (nSPS) is 10.1. The van der Waals surface area contributed by atoms with E-state index < -0.39 is 11.8 Å². The van der Waals surface area contributed by atoms with Crippen LogP contribution in [0.25, 0.3) is 0 Å². The van der Waals surface area contributed by atoms with Crippen molar-refractivity contribution >= 4 is 29.2 Å². The number of halogens is 1. The highest BCUT2D eigenvalue weighted by atomic mass is 19.1. The molecule has 0 fully saturated rings. The molecule has 7 heteroatoms. The SMILES string of the molecule is CCOC(=O)CCC(=O)Nc1cccc(C(=O)Nc2ccc(F)cc2)c1. The van der Waals surface area contributed by atoms with Gasteiger partial charge in [-0.25, -0.2) is 4.39 Å². The summed E-state index contributed by atoms with van der Waals surface area (Å²) in [7, 11) is 0. The van der Waals surface area contributed by atoms with Crippen LogP contribution in [0.1, 0.15) is 30.1 Å². The van der Waals surface area contributed by atoms with Crippen LogP contribution >= 0.6 is 0 Å². The summed E-state index contributed by atoms with van der Waals surface area (Å²) >= 11 is 0. The minimum absolute atomic E-state index is 0.00909. The van der Waals surface area contributed by atoms with Crippen molar-refractivity contribution in [1.29, 1.82) is 0 Å². The first-order valence-electron chi connectivity index (χ1n) is 8.10. The smallest absolute Gasteiger partial charge is 0.306 e. The van der Waals surface area contributed by atoms with Crippen molar-refractivity contribution in [3.05, 3.63) is 59.9 Å². The number of amides is 2. The number of benzene rings is 2. The van der Waals surface area contributed by atoms with Crippen molar-refractivity contribution in [2.45, 2.75) is 19.8 Å². The van der Waals surface area contributed by atoms with Crippen molar-refractivity contribution in [3.63, 3.8) is 0 Å². The number of carbonyl (C=O) groups excluding carboxylic acids is 3. The minimum atomic E-state index is -0.435. The van der Waals surface area contributed by atoms with Gasteiger partial charge >= 0.3 is 5.97 Å². The summed E-state index contributed by atoms with van der Waals surface area (Å²) in [6, 6.07) is 11.8. The molecule has 0 saturated heterocycles. The van der Waals surface area contributed by atoms with Gasteiger partial charge in [-0.05, 0) is 49.4 Å². The van der Waals surface area contributed by atoms with E-state index in [0.29, 0.717) is 16.9 Å². The van der Waals surface area contributed by atoms with Gasteiger partial charge in [0.05, 0.1) is 13.0 Å². The van der Waals surface area contributed by atoms with Crippen LogP contribution in [-0.4, -0.2) is 24.4 Å². The molecule has 0 unspecified atom stereocenters. The van der Waals surface area contributed by atoms with E-state index in [4.69, 9.17) is 4.74 Å². The third kappa shape index (κ3) is 6.01. The molecule has 0 aliphatic carbocycles. The highest BCUT2D eigenvalue weighted by molar-refractivity contribution is 6.05. The summed E-state index contributed by atoms with van der Waals surface area (Å²) in [5, 5.41) is 5.27. The maximum Gasteiger partial charge on any atom is 0.306 e. The molecule has 2 aromatic rings. The van der Waals surface area contributed by atoms with E-state index in [1.54, 1.807) is 25.1 Å². The van der Waals surface area contributed by atoms with Crippen LogP contribution in [0.5, 0.6) is 0 Å². The highest BCUT2D eigenvalue weighted by Gasteiger charge is 2.10. The van der Waals surface area contributed by atoms with Crippen molar-refractivity contribution in [2.75, 3.05) is 17.2 Å². The molecule has 6 nitrogen and oxygen atoms in total. The van der Waals surface area contributed by atoms with E-state index in [-0.39, 0.29) is 31.3 Å². The molecule has 0 aliphatic rings. The molecule has 136 valence electrons. The lowest BCUT2D eigenvalue weighted by molar-refractivity contribution is -0.144. The Balaban J connectivity index is 1.94. The zero-order valence-electron chi connectivity index (χ0n) is 14.3. The number of anilines is 2. The van der Waals surface area contributed by atoms with Crippen LogP contribution in [0.15, 0.2) is 48.5 Å². The zero-order valence-corrected chi connectivity index (χ0v) is 14.3. The average molecular weight is 358 g/mol.